The summed E-state index contributed by atoms with van der Waals surface area (Å²) >= 11 is 1.44. The lowest BCUT2D eigenvalue weighted by Gasteiger charge is -2.07. The van der Waals surface area contributed by atoms with Gasteiger partial charge in [0.1, 0.15) is 5.01 Å². The number of ketones is 1. The van der Waals surface area contributed by atoms with Crippen LogP contribution in [0.2, 0.25) is 0 Å². The Kier molecular flexibility index (Phi) is 5.53. The second kappa shape index (κ2) is 8.01. The number of aromatic nitrogens is 2. The van der Waals surface area contributed by atoms with Crippen molar-refractivity contribution >= 4 is 23.1 Å². The highest BCUT2D eigenvalue weighted by atomic mass is 32.1. The fraction of sp³-hybridized carbons (Fsp3) is 0.200. The van der Waals surface area contributed by atoms with E-state index in [1.165, 1.54) is 11.3 Å². The number of carbonyl (C=O) groups is 2. The summed E-state index contributed by atoms with van der Waals surface area (Å²) in [6.45, 7) is 3.52. The lowest BCUT2D eigenvalue weighted by molar-refractivity contribution is -0.141. The molecule has 0 unspecified atom stereocenters. The molecule has 2 heterocycles. The quantitative estimate of drug-likeness (QED) is 0.490. The molecule has 0 aliphatic rings. The molecule has 3 aromatic rings. The number of ether oxygens (including phenoxy) is 1. The van der Waals surface area contributed by atoms with Crippen LogP contribution < -0.4 is 0 Å². The van der Waals surface area contributed by atoms with E-state index in [-0.39, 0.29) is 18.8 Å². The largest absolute Gasteiger partial charge is 0.457 e. The molecule has 6 heteroatoms. The molecule has 2 aromatic heterocycles. The molecule has 5 nitrogen and oxygen atoms in total. The number of rotatable bonds is 6. The first-order chi connectivity index (χ1) is 12.5. The summed E-state index contributed by atoms with van der Waals surface area (Å²) in [7, 11) is 0. The van der Waals surface area contributed by atoms with E-state index in [2.05, 4.69) is 9.97 Å². The second-order valence-electron chi connectivity index (χ2n) is 5.96. The number of pyridine rings is 1. The van der Waals surface area contributed by atoms with E-state index in [0.29, 0.717) is 11.3 Å². The number of Topliss-reactive ketones (excluding diaryl/α,β-unsaturated/α-hetero) is 1. The maximum Gasteiger partial charge on any atom is 0.312 e. The minimum atomic E-state index is -0.466. The summed E-state index contributed by atoms with van der Waals surface area (Å²) in [5, 5.41) is 2.61. The number of thiazole rings is 1. The van der Waals surface area contributed by atoms with Crippen molar-refractivity contribution in [1.82, 2.24) is 9.97 Å². The van der Waals surface area contributed by atoms with Gasteiger partial charge in [0.2, 0.25) is 5.78 Å². The standard InChI is InChI=1S/C20H18N2O3S/c1-13-5-6-14(2)17(8-13)18(23)11-25-19(24)9-16-12-26-20(22-16)15-4-3-7-21-10-15/h3-8,10,12H,9,11H2,1-2H3. The summed E-state index contributed by atoms with van der Waals surface area (Å²) in [4.78, 5) is 32.8. The zero-order valence-electron chi connectivity index (χ0n) is 14.6. The van der Waals surface area contributed by atoms with Gasteiger partial charge in [-0.3, -0.25) is 14.6 Å². The van der Waals surface area contributed by atoms with Crippen LogP contribution in [-0.4, -0.2) is 28.3 Å². The fourth-order valence-corrected chi connectivity index (χ4v) is 3.28. The molecule has 0 aliphatic carbocycles. The van der Waals surface area contributed by atoms with Crippen LogP contribution in [0.5, 0.6) is 0 Å². The van der Waals surface area contributed by atoms with Gasteiger partial charge in [-0.15, -0.1) is 11.3 Å². The third kappa shape index (κ3) is 4.40. The molecule has 0 amide bonds. The van der Waals surface area contributed by atoms with E-state index in [4.69, 9.17) is 4.74 Å². The van der Waals surface area contributed by atoms with Gasteiger partial charge < -0.3 is 4.74 Å². The van der Waals surface area contributed by atoms with Gasteiger partial charge in [-0.05, 0) is 37.6 Å². The Balaban J connectivity index is 1.57. The number of aryl methyl sites for hydroxylation is 2. The highest BCUT2D eigenvalue weighted by molar-refractivity contribution is 7.13. The van der Waals surface area contributed by atoms with Gasteiger partial charge in [-0.1, -0.05) is 17.7 Å². The number of esters is 1. The Labute approximate surface area is 155 Å². The van der Waals surface area contributed by atoms with Crippen molar-refractivity contribution < 1.29 is 14.3 Å². The first-order valence-corrected chi connectivity index (χ1v) is 9.02. The summed E-state index contributed by atoms with van der Waals surface area (Å²) in [6, 6.07) is 9.40. The molecule has 1 aromatic carbocycles. The third-order valence-corrected chi connectivity index (χ3v) is 4.78. The minimum Gasteiger partial charge on any atom is -0.457 e. The van der Waals surface area contributed by atoms with Crippen LogP contribution in [0.3, 0.4) is 0 Å². The summed E-state index contributed by atoms with van der Waals surface area (Å²) < 4.78 is 5.14. The molecule has 26 heavy (non-hydrogen) atoms. The van der Waals surface area contributed by atoms with E-state index >= 15 is 0 Å². The Morgan fingerprint density at radius 3 is 2.81 bits per heavy atom. The molecule has 0 spiro atoms. The van der Waals surface area contributed by atoms with E-state index in [0.717, 1.165) is 21.7 Å². The van der Waals surface area contributed by atoms with Crippen molar-refractivity contribution in [2.24, 2.45) is 0 Å². The topological polar surface area (TPSA) is 69.2 Å². The number of benzene rings is 1. The van der Waals surface area contributed by atoms with Crippen LogP contribution in [0.4, 0.5) is 0 Å². The molecular formula is C20H18N2O3S. The number of carbonyl (C=O) groups excluding carboxylic acids is 2. The summed E-state index contributed by atoms with van der Waals surface area (Å²) in [6.07, 6.45) is 3.46. The SMILES string of the molecule is Cc1ccc(C)c(C(=O)COC(=O)Cc2csc(-c3cccnc3)n2)c1. The second-order valence-corrected chi connectivity index (χ2v) is 6.82. The van der Waals surface area contributed by atoms with Gasteiger partial charge in [-0.25, -0.2) is 4.98 Å². The first kappa shape index (κ1) is 17.9. The number of nitrogens with zero attached hydrogens (tertiary/aromatic N) is 2. The maximum atomic E-state index is 12.3. The van der Waals surface area contributed by atoms with Gasteiger partial charge in [0, 0.05) is 28.9 Å². The molecule has 0 radical (unpaired) electrons. The Bertz CT molecular complexity index is 935. The normalized spacial score (nSPS) is 10.5. The van der Waals surface area contributed by atoms with E-state index in [1.807, 2.05) is 49.6 Å². The monoisotopic (exact) mass is 366 g/mol. The van der Waals surface area contributed by atoms with Gasteiger partial charge in [0.15, 0.2) is 6.61 Å². The highest BCUT2D eigenvalue weighted by Crippen LogP contribution is 2.23. The van der Waals surface area contributed by atoms with Crippen molar-refractivity contribution in [3.63, 3.8) is 0 Å². The molecule has 0 saturated carbocycles. The van der Waals surface area contributed by atoms with E-state index in [1.54, 1.807) is 12.4 Å². The van der Waals surface area contributed by atoms with Crippen LogP contribution >= 0.6 is 11.3 Å². The lowest BCUT2D eigenvalue weighted by Crippen LogP contribution is -2.16. The van der Waals surface area contributed by atoms with Crippen LogP contribution in [0, 0.1) is 13.8 Å². The van der Waals surface area contributed by atoms with Crippen molar-refractivity contribution in [1.29, 1.82) is 0 Å². The molecule has 0 bridgehead atoms. The molecule has 0 saturated heterocycles. The molecule has 0 aliphatic heterocycles. The van der Waals surface area contributed by atoms with Crippen LogP contribution in [0.1, 0.15) is 27.2 Å². The average molecular weight is 366 g/mol. The Morgan fingerprint density at radius 1 is 1.19 bits per heavy atom. The Morgan fingerprint density at radius 2 is 2.04 bits per heavy atom. The minimum absolute atomic E-state index is 0.0385. The number of hydrogen-bond acceptors (Lipinski definition) is 6. The lowest BCUT2D eigenvalue weighted by atomic mass is 10.0. The average Bonchev–Trinajstić information content (AvgIpc) is 3.11. The van der Waals surface area contributed by atoms with E-state index < -0.39 is 5.97 Å². The van der Waals surface area contributed by atoms with Crippen molar-refractivity contribution in [3.05, 3.63) is 70.5 Å². The zero-order chi connectivity index (χ0) is 18.5. The van der Waals surface area contributed by atoms with Gasteiger partial charge in [0.25, 0.3) is 0 Å². The van der Waals surface area contributed by atoms with Crippen LogP contribution in [-0.2, 0) is 16.0 Å². The molecule has 132 valence electrons. The Hall–Kier alpha value is -2.86. The smallest absolute Gasteiger partial charge is 0.312 e. The predicted octanol–water partition coefficient (Wildman–Crippen LogP) is 3.79. The van der Waals surface area contributed by atoms with Gasteiger partial charge in [0.05, 0.1) is 12.1 Å². The molecule has 0 N–H and O–H groups in total. The molecule has 0 fully saturated rings. The summed E-state index contributed by atoms with van der Waals surface area (Å²) in [5.41, 5.74) is 3.98. The first-order valence-electron chi connectivity index (χ1n) is 8.14. The maximum absolute atomic E-state index is 12.3. The molecular weight excluding hydrogens is 348 g/mol. The fourth-order valence-electron chi connectivity index (χ4n) is 2.47. The summed E-state index contributed by atoms with van der Waals surface area (Å²) in [5.74, 6) is -0.666. The van der Waals surface area contributed by atoms with Crippen molar-refractivity contribution in [2.45, 2.75) is 20.3 Å². The predicted molar refractivity (Wildman–Crippen MR) is 100 cm³/mol. The van der Waals surface area contributed by atoms with Gasteiger partial charge in [-0.2, -0.15) is 0 Å². The van der Waals surface area contributed by atoms with Crippen LogP contribution in [0.25, 0.3) is 10.6 Å². The molecule has 3 rings (SSSR count). The zero-order valence-corrected chi connectivity index (χ0v) is 15.4. The van der Waals surface area contributed by atoms with Crippen molar-refractivity contribution in [3.8, 4) is 10.6 Å². The van der Waals surface area contributed by atoms with Crippen LogP contribution in [0.15, 0.2) is 48.1 Å². The van der Waals surface area contributed by atoms with Gasteiger partial charge >= 0.3 is 5.97 Å². The van der Waals surface area contributed by atoms with Crippen molar-refractivity contribution in [2.75, 3.05) is 6.61 Å². The molecule has 0 atom stereocenters. The van der Waals surface area contributed by atoms with E-state index in [9.17, 15) is 9.59 Å². The third-order valence-electron chi connectivity index (χ3n) is 3.84. The number of hydrogen-bond donors (Lipinski definition) is 0. The highest BCUT2D eigenvalue weighted by Gasteiger charge is 2.14.